The van der Waals surface area contributed by atoms with Crippen LogP contribution in [0.2, 0.25) is 0 Å². The van der Waals surface area contributed by atoms with Gasteiger partial charge >= 0.3 is 0 Å². The maximum absolute atomic E-state index is 12.2. The van der Waals surface area contributed by atoms with E-state index in [1.165, 1.54) is 0 Å². The lowest BCUT2D eigenvalue weighted by molar-refractivity contribution is -0.135. The van der Waals surface area contributed by atoms with Crippen molar-refractivity contribution in [2.45, 2.75) is 33.0 Å². The van der Waals surface area contributed by atoms with Gasteiger partial charge in [0.15, 0.2) is 12.2 Å². The van der Waals surface area contributed by atoms with Crippen LogP contribution in [0.4, 0.5) is 0 Å². The second-order valence-corrected chi connectivity index (χ2v) is 6.82. The number of amides is 2. The van der Waals surface area contributed by atoms with E-state index in [1.54, 1.807) is 26.0 Å². The van der Waals surface area contributed by atoms with Crippen LogP contribution in [0.25, 0.3) is 10.8 Å². The molecule has 6 nitrogen and oxygen atoms in total. The molecule has 29 heavy (non-hydrogen) atoms. The summed E-state index contributed by atoms with van der Waals surface area (Å²) in [6, 6.07) is 20.9. The van der Waals surface area contributed by atoms with Crippen LogP contribution in [0.5, 0.6) is 11.5 Å². The molecule has 2 atom stereocenters. The highest BCUT2D eigenvalue weighted by Gasteiger charge is 2.19. The van der Waals surface area contributed by atoms with Crippen LogP contribution in [-0.4, -0.2) is 24.0 Å². The Hall–Kier alpha value is -3.54. The largest absolute Gasteiger partial charge is 0.481 e. The van der Waals surface area contributed by atoms with E-state index in [1.807, 2.05) is 61.5 Å². The molecule has 0 fully saturated rings. The van der Waals surface area contributed by atoms with Crippen LogP contribution in [0, 0.1) is 6.92 Å². The first-order valence-electron chi connectivity index (χ1n) is 9.41. The number of ether oxygens (including phenoxy) is 2. The molecule has 0 heterocycles. The van der Waals surface area contributed by atoms with E-state index in [0.717, 1.165) is 16.3 Å². The number of hydrogen-bond donors (Lipinski definition) is 2. The Morgan fingerprint density at radius 3 is 1.86 bits per heavy atom. The molecule has 0 aliphatic heterocycles. The van der Waals surface area contributed by atoms with Crippen LogP contribution in [0.15, 0.2) is 66.7 Å². The van der Waals surface area contributed by atoms with Crippen molar-refractivity contribution in [3.05, 3.63) is 72.3 Å². The van der Waals surface area contributed by atoms with Gasteiger partial charge in [0.05, 0.1) is 0 Å². The summed E-state index contributed by atoms with van der Waals surface area (Å²) in [4.78, 5) is 24.4. The highest BCUT2D eigenvalue weighted by atomic mass is 16.5. The van der Waals surface area contributed by atoms with E-state index in [9.17, 15) is 9.59 Å². The lowest BCUT2D eigenvalue weighted by Crippen LogP contribution is -2.50. The summed E-state index contributed by atoms with van der Waals surface area (Å²) < 4.78 is 11.3. The van der Waals surface area contributed by atoms with E-state index in [0.29, 0.717) is 11.5 Å². The molecule has 0 bridgehead atoms. The minimum atomic E-state index is -0.787. The Bertz CT molecular complexity index is 1000. The van der Waals surface area contributed by atoms with Crippen molar-refractivity contribution >= 4 is 22.6 Å². The van der Waals surface area contributed by atoms with Gasteiger partial charge in [-0.3, -0.25) is 20.4 Å². The average Bonchev–Trinajstić information content (AvgIpc) is 2.73. The third-order valence-corrected chi connectivity index (χ3v) is 4.41. The van der Waals surface area contributed by atoms with Gasteiger partial charge in [-0.05, 0) is 55.8 Å². The first kappa shape index (κ1) is 20.2. The Morgan fingerprint density at radius 1 is 0.724 bits per heavy atom. The topological polar surface area (TPSA) is 76.7 Å². The Kier molecular flexibility index (Phi) is 6.34. The van der Waals surface area contributed by atoms with Gasteiger partial charge in [-0.2, -0.15) is 0 Å². The molecule has 0 saturated carbocycles. The van der Waals surface area contributed by atoms with Crippen LogP contribution < -0.4 is 20.3 Å². The molecule has 0 unspecified atom stereocenters. The lowest BCUT2D eigenvalue weighted by atomic mass is 10.1. The molecule has 2 amide bonds. The van der Waals surface area contributed by atoms with Crippen molar-refractivity contribution < 1.29 is 19.1 Å². The van der Waals surface area contributed by atoms with Gasteiger partial charge in [-0.1, -0.05) is 48.0 Å². The van der Waals surface area contributed by atoms with Gasteiger partial charge in [0.2, 0.25) is 0 Å². The van der Waals surface area contributed by atoms with Gasteiger partial charge in [0, 0.05) is 0 Å². The predicted octanol–water partition coefficient (Wildman–Crippen LogP) is 3.53. The molecule has 0 aliphatic carbocycles. The zero-order valence-corrected chi connectivity index (χ0v) is 16.6. The molecule has 6 heteroatoms. The fourth-order valence-corrected chi connectivity index (χ4v) is 2.70. The molecular weight excluding hydrogens is 368 g/mol. The number of aryl methyl sites for hydroxylation is 1. The summed E-state index contributed by atoms with van der Waals surface area (Å²) in [6.45, 7) is 5.19. The van der Waals surface area contributed by atoms with E-state index in [-0.39, 0.29) is 0 Å². The molecule has 2 N–H and O–H groups in total. The zero-order valence-electron chi connectivity index (χ0n) is 16.6. The number of rotatable bonds is 6. The van der Waals surface area contributed by atoms with Gasteiger partial charge in [0.1, 0.15) is 11.5 Å². The van der Waals surface area contributed by atoms with E-state index in [2.05, 4.69) is 10.9 Å². The standard InChI is InChI=1S/C23H24N2O4/c1-15-8-11-20(12-9-15)28-16(2)22(26)24-25-23(27)17(3)29-21-13-10-18-6-4-5-7-19(18)14-21/h4-14,16-17H,1-3H3,(H,24,26)(H,25,27)/t16-,17+/m0/s1. The second-order valence-electron chi connectivity index (χ2n) is 6.82. The number of fused-ring (bicyclic) bond motifs is 1. The average molecular weight is 392 g/mol. The molecule has 3 aromatic carbocycles. The number of carbonyl (C=O) groups is 2. The maximum atomic E-state index is 12.2. The fourth-order valence-electron chi connectivity index (χ4n) is 2.70. The zero-order chi connectivity index (χ0) is 20.8. The summed E-state index contributed by atoms with van der Waals surface area (Å²) in [7, 11) is 0. The highest BCUT2D eigenvalue weighted by molar-refractivity contribution is 5.87. The molecule has 0 radical (unpaired) electrons. The van der Waals surface area contributed by atoms with Gasteiger partial charge in [-0.25, -0.2) is 0 Å². The van der Waals surface area contributed by atoms with E-state index < -0.39 is 24.0 Å². The van der Waals surface area contributed by atoms with E-state index in [4.69, 9.17) is 9.47 Å². The molecular formula is C23H24N2O4. The van der Waals surface area contributed by atoms with Crippen LogP contribution in [-0.2, 0) is 9.59 Å². The number of hydrazine groups is 1. The number of nitrogens with one attached hydrogen (secondary N) is 2. The minimum Gasteiger partial charge on any atom is -0.481 e. The molecule has 3 rings (SSSR count). The van der Waals surface area contributed by atoms with Crippen LogP contribution in [0.3, 0.4) is 0 Å². The third kappa shape index (κ3) is 5.48. The maximum Gasteiger partial charge on any atom is 0.279 e. The Balaban J connectivity index is 1.49. The van der Waals surface area contributed by atoms with E-state index >= 15 is 0 Å². The Morgan fingerprint density at radius 2 is 1.24 bits per heavy atom. The first-order valence-corrected chi connectivity index (χ1v) is 9.41. The monoisotopic (exact) mass is 392 g/mol. The van der Waals surface area contributed by atoms with Gasteiger partial charge < -0.3 is 9.47 Å². The summed E-state index contributed by atoms with van der Waals surface area (Å²) in [6.07, 6.45) is -1.56. The molecule has 0 spiro atoms. The van der Waals surface area contributed by atoms with Crippen molar-refractivity contribution in [1.82, 2.24) is 10.9 Å². The molecule has 150 valence electrons. The van der Waals surface area contributed by atoms with Crippen molar-refractivity contribution in [2.24, 2.45) is 0 Å². The third-order valence-electron chi connectivity index (χ3n) is 4.41. The van der Waals surface area contributed by atoms with Gasteiger partial charge in [0.25, 0.3) is 11.8 Å². The van der Waals surface area contributed by atoms with Crippen molar-refractivity contribution in [3.8, 4) is 11.5 Å². The summed E-state index contributed by atoms with van der Waals surface area (Å²) in [5, 5.41) is 2.11. The second kappa shape index (κ2) is 9.10. The number of hydrogen-bond acceptors (Lipinski definition) is 4. The quantitative estimate of drug-likeness (QED) is 0.629. The Labute approximate surface area is 169 Å². The first-order chi connectivity index (χ1) is 13.9. The smallest absolute Gasteiger partial charge is 0.279 e. The SMILES string of the molecule is Cc1ccc(O[C@@H](C)C(=O)NNC(=O)[C@@H](C)Oc2ccc3ccccc3c2)cc1. The molecule has 3 aromatic rings. The molecule has 0 aromatic heterocycles. The highest BCUT2D eigenvalue weighted by Crippen LogP contribution is 2.21. The van der Waals surface area contributed by atoms with Crippen molar-refractivity contribution in [1.29, 1.82) is 0 Å². The normalized spacial score (nSPS) is 12.7. The predicted molar refractivity (Wildman–Crippen MR) is 112 cm³/mol. The summed E-state index contributed by atoms with van der Waals surface area (Å²) in [5.74, 6) is 0.234. The summed E-state index contributed by atoms with van der Waals surface area (Å²) in [5.41, 5.74) is 5.84. The minimum absolute atomic E-state index is 0.461. The number of benzene rings is 3. The molecule has 0 aliphatic rings. The lowest BCUT2D eigenvalue weighted by Gasteiger charge is -2.18. The van der Waals surface area contributed by atoms with Crippen LogP contribution >= 0.6 is 0 Å². The van der Waals surface area contributed by atoms with Crippen molar-refractivity contribution in [2.75, 3.05) is 0 Å². The van der Waals surface area contributed by atoms with Crippen LogP contribution in [0.1, 0.15) is 19.4 Å². The summed E-state index contributed by atoms with van der Waals surface area (Å²) >= 11 is 0. The van der Waals surface area contributed by atoms with Gasteiger partial charge in [-0.15, -0.1) is 0 Å². The fraction of sp³-hybridized carbons (Fsp3) is 0.217. The molecule has 0 saturated heterocycles. The van der Waals surface area contributed by atoms with Crippen molar-refractivity contribution in [3.63, 3.8) is 0 Å². The number of carbonyl (C=O) groups excluding carboxylic acids is 2.